The van der Waals surface area contributed by atoms with Gasteiger partial charge >= 0.3 is 6.03 Å². The van der Waals surface area contributed by atoms with Gasteiger partial charge in [0.15, 0.2) is 0 Å². The summed E-state index contributed by atoms with van der Waals surface area (Å²) in [6.45, 7) is 3.02. The second-order valence-corrected chi connectivity index (χ2v) is 7.42. The predicted molar refractivity (Wildman–Crippen MR) is 88.4 cm³/mol. The van der Waals surface area contributed by atoms with E-state index < -0.39 is 5.60 Å². The van der Waals surface area contributed by atoms with Crippen LogP contribution in [0.2, 0.25) is 0 Å². The van der Waals surface area contributed by atoms with Crippen molar-refractivity contribution in [2.75, 3.05) is 32.8 Å². The molecule has 3 aliphatic rings. The maximum atomic E-state index is 12.0. The monoisotopic (exact) mass is 325 g/mol. The van der Waals surface area contributed by atoms with Crippen LogP contribution < -0.4 is 10.6 Å². The van der Waals surface area contributed by atoms with E-state index in [1.807, 2.05) is 0 Å². The summed E-state index contributed by atoms with van der Waals surface area (Å²) in [6.07, 6.45) is 9.71. The number of ether oxygens (including phenoxy) is 1. The predicted octanol–water partition coefficient (Wildman–Crippen LogP) is 1.23. The first kappa shape index (κ1) is 17.0. The molecule has 1 saturated carbocycles. The standard InChI is InChI=1S/C17H31N3O3/c21-16(19-12-17(22)8-10-23-13-17)18-11-15-7-4-9-20(15)14-5-2-1-3-6-14/h14-15,22H,1-13H2,(H2,18,19,21)/t15-,17+/m1/s1. The van der Waals surface area contributed by atoms with Crippen LogP contribution in [0.15, 0.2) is 0 Å². The Hall–Kier alpha value is -0.850. The number of nitrogens with one attached hydrogen (secondary N) is 2. The van der Waals surface area contributed by atoms with E-state index >= 15 is 0 Å². The number of carbonyl (C=O) groups is 1. The van der Waals surface area contributed by atoms with Crippen molar-refractivity contribution >= 4 is 6.03 Å². The quantitative estimate of drug-likeness (QED) is 0.711. The van der Waals surface area contributed by atoms with E-state index in [1.54, 1.807) is 0 Å². The summed E-state index contributed by atoms with van der Waals surface area (Å²) in [5.41, 5.74) is -0.890. The fourth-order valence-electron chi connectivity index (χ4n) is 4.22. The third-order valence-corrected chi connectivity index (χ3v) is 5.63. The maximum Gasteiger partial charge on any atom is 0.314 e. The molecule has 3 fully saturated rings. The van der Waals surface area contributed by atoms with Gasteiger partial charge in [0.05, 0.1) is 13.2 Å². The number of rotatable bonds is 5. The van der Waals surface area contributed by atoms with Crippen LogP contribution in [0.1, 0.15) is 51.4 Å². The first-order chi connectivity index (χ1) is 11.2. The van der Waals surface area contributed by atoms with Crippen molar-refractivity contribution in [2.24, 2.45) is 0 Å². The number of nitrogens with zero attached hydrogens (tertiary/aromatic N) is 1. The Morgan fingerprint density at radius 2 is 2.00 bits per heavy atom. The molecule has 0 aromatic heterocycles. The largest absolute Gasteiger partial charge is 0.386 e. The highest BCUT2D eigenvalue weighted by atomic mass is 16.5. The minimum absolute atomic E-state index is 0.180. The minimum Gasteiger partial charge on any atom is -0.386 e. The number of likely N-dealkylation sites (tertiary alicyclic amines) is 1. The second kappa shape index (κ2) is 7.81. The molecule has 0 bridgehead atoms. The Balaban J connectivity index is 1.39. The zero-order valence-electron chi connectivity index (χ0n) is 14.1. The second-order valence-electron chi connectivity index (χ2n) is 7.42. The lowest BCUT2D eigenvalue weighted by Crippen LogP contribution is -2.50. The average Bonchev–Trinajstić information content (AvgIpc) is 3.21. The van der Waals surface area contributed by atoms with Crippen LogP contribution >= 0.6 is 0 Å². The topological polar surface area (TPSA) is 73.8 Å². The summed E-state index contributed by atoms with van der Waals surface area (Å²) in [6, 6.07) is 1.01. The van der Waals surface area contributed by atoms with Gasteiger partial charge in [-0.25, -0.2) is 4.79 Å². The maximum absolute atomic E-state index is 12.0. The molecule has 0 unspecified atom stereocenters. The SMILES string of the molecule is O=C(NC[C@H]1CCCN1C1CCCCC1)NC[C@@]1(O)CCOC1. The lowest BCUT2D eigenvalue weighted by atomic mass is 9.94. The summed E-state index contributed by atoms with van der Waals surface area (Å²) in [5.74, 6) is 0. The van der Waals surface area contributed by atoms with Crippen molar-refractivity contribution in [2.45, 2.75) is 69.1 Å². The molecule has 6 nitrogen and oxygen atoms in total. The van der Waals surface area contributed by atoms with Gasteiger partial charge in [-0.05, 0) is 32.2 Å². The Morgan fingerprint density at radius 1 is 1.17 bits per heavy atom. The molecule has 132 valence electrons. The molecule has 0 radical (unpaired) electrons. The Labute approximate surface area is 138 Å². The molecule has 0 aromatic rings. The molecule has 3 rings (SSSR count). The molecule has 2 atom stereocenters. The van der Waals surface area contributed by atoms with Crippen molar-refractivity contribution in [1.82, 2.24) is 15.5 Å². The van der Waals surface area contributed by atoms with E-state index in [4.69, 9.17) is 4.74 Å². The van der Waals surface area contributed by atoms with Crippen LogP contribution in [0.25, 0.3) is 0 Å². The minimum atomic E-state index is -0.890. The molecule has 2 saturated heterocycles. The fraction of sp³-hybridized carbons (Fsp3) is 0.941. The molecular formula is C17H31N3O3. The molecular weight excluding hydrogens is 294 g/mol. The van der Waals surface area contributed by atoms with Crippen molar-refractivity contribution in [3.63, 3.8) is 0 Å². The van der Waals surface area contributed by atoms with Crippen molar-refractivity contribution in [1.29, 1.82) is 0 Å². The van der Waals surface area contributed by atoms with Gasteiger partial charge in [-0.1, -0.05) is 19.3 Å². The van der Waals surface area contributed by atoms with Gasteiger partial charge in [-0.2, -0.15) is 0 Å². The molecule has 2 amide bonds. The van der Waals surface area contributed by atoms with E-state index in [1.165, 1.54) is 51.5 Å². The van der Waals surface area contributed by atoms with Crippen LogP contribution in [-0.4, -0.2) is 66.6 Å². The molecule has 2 heterocycles. The van der Waals surface area contributed by atoms with Crippen LogP contribution in [0, 0.1) is 0 Å². The van der Waals surface area contributed by atoms with Crippen molar-refractivity contribution in [3.8, 4) is 0 Å². The number of aliphatic hydroxyl groups is 1. The highest BCUT2D eigenvalue weighted by Gasteiger charge is 2.33. The Morgan fingerprint density at radius 3 is 2.74 bits per heavy atom. The number of hydrogen-bond donors (Lipinski definition) is 3. The summed E-state index contributed by atoms with van der Waals surface area (Å²) in [4.78, 5) is 14.6. The van der Waals surface area contributed by atoms with Gasteiger partial charge < -0.3 is 20.5 Å². The first-order valence-corrected chi connectivity index (χ1v) is 9.24. The zero-order valence-corrected chi connectivity index (χ0v) is 14.1. The van der Waals surface area contributed by atoms with E-state index in [2.05, 4.69) is 15.5 Å². The van der Waals surface area contributed by atoms with Crippen LogP contribution in [0.5, 0.6) is 0 Å². The molecule has 2 aliphatic heterocycles. The van der Waals surface area contributed by atoms with Crippen molar-refractivity contribution < 1.29 is 14.6 Å². The summed E-state index contributed by atoms with van der Waals surface area (Å²) in [5, 5.41) is 15.9. The fourth-order valence-corrected chi connectivity index (χ4v) is 4.22. The van der Waals surface area contributed by atoms with Gasteiger partial charge in [0.1, 0.15) is 5.60 Å². The third-order valence-electron chi connectivity index (χ3n) is 5.63. The van der Waals surface area contributed by atoms with Gasteiger partial charge in [-0.15, -0.1) is 0 Å². The Bertz CT molecular complexity index is 393. The van der Waals surface area contributed by atoms with E-state index in [9.17, 15) is 9.90 Å². The smallest absolute Gasteiger partial charge is 0.314 e. The van der Waals surface area contributed by atoms with Gasteiger partial charge in [0.2, 0.25) is 0 Å². The van der Waals surface area contributed by atoms with Crippen LogP contribution in [0.3, 0.4) is 0 Å². The lowest BCUT2D eigenvalue weighted by Gasteiger charge is -2.35. The van der Waals surface area contributed by atoms with Gasteiger partial charge in [-0.3, -0.25) is 4.90 Å². The normalized spacial score (nSPS) is 33.0. The Kier molecular flexibility index (Phi) is 5.77. The number of carbonyl (C=O) groups excluding carboxylic acids is 1. The molecule has 3 N–H and O–H groups in total. The van der Waals surface area contributed by atoms with Gasteiger partial charge in [0.25, 0.3) is 0 Å². The third kappa shape index (κ3) is 4.58. The number of urea groups is 1. The lowest BCUT2D eigenvalue weighted by molar-refractivity contribution is 0.0291. The molecule has 6 heteroatoms. The van der Waals surface area contributed by atoms with Crippen molar-refractivity contribution in [3.05, 3.63) is 0 Å². The summed E-state index contributed by atoms with van der Waals surface area (Å²) in [7, 11) is 0. The van der Waals surface area contributed by atoms with E-state index in [0.717, 1.165) is 6.04 Å². The van der Waals surface area contributed by atoms with E-state index in [-0.39, 0.29) is 12.6 Å². The van der Waals surface area contributed by atoms with Gasteiger partial charge in [0, 0.05) is 31.7 Å². The number of amides is 2. The summed E-state index contributed by atoms with van der Waals surface area (Å²) >= 11 is 0. The molecule has 0 spiro atoms. The van der Waals surface area contributed by atoms with Crippen LogP contribution in [-0.2, 0) is 4.74 Å². The summed E-state index contributed by atoms with van der Waals surface area (Å²) < 4.78 is 5.19. The average molecular weight is 325 g/mol. The molecule has 23 heavy (non-hydrogen) atoms. The first-order valence-electron chi connectivity index (χ1n) is 9.24. The highest BCUT2D eigenvalue weighted by molar-refractivity contribution is 5.73. The van der Waals surface area contributed by atoms with E-state index in [0.29, 0.717) is 32.2 Å². The molecule has 0 aromatic carbocycles. The highest BCUT2D eigenvalue weighted by Crippen LogP contribution is 2.28. The zero-order chi connectivity index (χ0) is 16.1. The molecule has 1 aliphatic carbocycles. The van der Waals surface area contributed by atoms with Crippen LogP contribution in [0.4, 0.5) is 4.79 Å². The number of hydrogen-bond acceptors (Lipinski definition) is 4.